The molecule has 0 atom stereocenters. The van der Waals surface area contributed by atoms with Crippen LogP contribution in [0, 0.1) is 19.7 Å². The van der Waals surface area contributed by atoms with Crippen molar-refractivity contribution in [1.82, 2.24) is 15.0 Å². The lowest BCUT2D eigenvalue weighted by Gasteiger charge is -2.17. The quantitative estimate of drug-likeness (QED) is 0.428. The number of anilines is 2. The molecule has 148 valence electrons. The predicted molar refractivity (Wildman–Crippen MR) is 105 cm³/mol. The van der Waals surface area contributed by atoms with Crippen molar-refractivity contribution in [3.05, 3.63) is 50.5 Å². The van der Waals surface area contributed by atoms with E-state index in [-0.39, 0.29) is 35.8 Å². The van der Waals surface area contributed by atoms with Gasteiger partial charge in [-0.05, 0) is 31.5 Å². The Morgan fingerprint density at radius 2 is 2.14 bits per heavy atom. The van der Waals surface area contributed by atoms with Crippen LogP contribution in [0.25, 0.3) is 10.2 Å². The van der Waals surface area contributed by atoms with Gasteiger partial charge in [0.15, 0.2) is 0 Å². The predicted octanol–water partition coefficient (Wildman–Crippen LogP) is 2.15. The van der Waals surface area contributed by atoms with Gasteiger partial charge in [-0.15, -0.1) is 11.3 Å². The van der Waals surface area contributed by atoms with E-state index in [0.717, 1.165) is 5.56 Å². The largest absolute Gasteiger partial charge is 0.394 e. The molecule has 0 aliphatic heterocycles. The lowest BCUT2D eigenvalue weighted by molar-refractivity contribution is 0.0170. The maximum atomic E-state index is 14.4. The molecule has 1 aromatic carbocycles. The first-order valence-electron chi connectivity index (χ1n) is 8.39. The number of aliphatic hydroxyl groups is 1. The first-order chi connectivity index (χ1) is 13.3. The molecule has 10 heteroatoms. The summed E-state index contributed by atoms with van der Waals surface area (Å²) in [5.74, 6) is -1.06. The lowest BCUT2D eigenvalue weighted by Crippen LogP contribution is -2.30. The Kier molecular flexibility index (Phi) is 5.73. The number of carbonyl (C=O) groups is 1. The molecule has 8 nitrogen and oxygen atoms in total. The van der Waals surface area contributed by atoms with Gasteiger partial charge in [-0.25, -0.2) is 14.9 Å². The minimum absolute atomic E-state index is 0.0978. The van der Waals surface area contributed by atoms with Crippen molar-refractivity contribution in [3.63, 3.8) is 0 Å². The number of thiazole rings is 1. The van der Waals surface area contributed by atoms with Crippen LogP contribution in [0.15, 0.2) is 23.0 Å². The fraction of sp³-hybridized carbons (Fsp3) is 0.278. The third-order valence-corrected chi connectivity index (χ3v) is 4.99. The fourth-order valence-corrected chi connectivity index (χ4v) is 3.65. The Balaban J connectivity index is 2.19. The van der Waals surface area contributed by atoms with Crippen LogP contribution in [0.1, 0.15) is 20.9 Å². The summed E-state index contributed by atoms with van der Waals surface area (Å²) >= 11 is 1.18. The summed E-state index contributed by atoms with van der Waals surface area (Å²) < 4.78 is 15.9. The number of halogens is 1. The van der Waals surface area contributed by atoms with E-state index in [0.29, 0.717) is 9.71 Å². The van der Waals surface area contributed by atoms with Crippen molar-refractivity contribution in [3.8, 4) is 0 Å². The zero-order chi connectivity index (χ0) is 20.4. The molecule has 3 N–H and O–H groups in total. The molecule has 3 aromatic rings. The summed E-state index contributed by atoms with van der Waals surface area (Å²) in [6.45, 7) is 3.10. The number of hydrogen-bond acceptors (Lipinski definition) is 7. The summed E-state index contributed by atoms with van der Waals surface area (Å²) in [5, 5.41) is 12.3. The maximum absolute atomic E-state index is 14.4. The molecule has 0 fully saturated rings. The second kappa shape index (κ2) is 8.05. The topological polar surface area (TPSA) is 105 Å². The van der Waals surface area contributed by atoms with Gasteiger partial charge in [-0.3, -0.25) is 19.0 Å². The first-order valence-corrected chi connectivity index (χ1v) is 9.21. The molecule has 28 heavy (non-hydrogen) atoms. The van der Waals surface area contributed by atoms with E-state index in [9.17, 15) is 14.0 Å². The number of nitrogens with zero attached hydrogens (tertiary/aromatic N) is 2. The van der Waals surface area contributed by atoms with Gasteiger partial charge in [0.05, 0.1) is 28.6 Å². The van der Waals surface area contributed by atoms with Gasteiger partial charge < -0.3 is 10.4 Å². The third kappa shape index (κ3) is 3.75. The van der Waals surface area contributed by atoms with E-state index in [2.05, 4.69) is 15.8 Å². The normalized spacial score (nSPS) is 11.0. The zero-order valence-corrected chi connectivity index (χ0v) is 16.3. The molecule has 2 aromatic heterocycles. The average Bonchev–Trinajstić information content (AvgIpc) is 3.03. The number of pyridine rings is 1. The number of rotatable bonds is 6. The molecule has 0 radical (unpaired) electrons. The number of aryl methyl sites for hydroxylation is 2. The summed E-state index contributed by atoms with van der Waals surface area (Å²) in [6.07, 6.45) is 0. The van der Waals surface area contributed by atoms with Crippen LogP contribution < -0.4 is 16.4 Å². The monoisotopic (exact) mass is 406 g/mol. The molecule has 0 unspecified atom stereocenters. The summed E-state index contributed by atoms with van der Waals surface area (Å²) in [6, 6.07) is 4.59. The number of carbonyl (C=O) groups excluding carboxylic acids is 1. The number of hydrogen-bond donors (Lipinski definition) is 3. The van der Waals surface area contributed by atoms with Crippen LogP contribution in [0.3, 0.4) is 0 Å². The Labute approximate surface area is 163 Å². The summed E-state index contributed by atoms with van der Waals surface area (Å²) in [5.41, 5.74) is 2.91. The Morgan fingerprint density at radius 1 is 1.39 bits per heavy atom. The molecule has 0 saturated carbocycles. The van der Waals surface area contributed by atoms with Crippen LogP contribution in [0.5, 0.6) is 0 Å². The molecule has 2 heterocycles. The van der Waals surface area contributed by atoms with Gasteiger partial charge in [0.25, 0.3) is 11.5 Å². The SMILES string of the molecule is Cc1ccc(Nc2c(C(=O)NOCCO)c3sc(C)nc3c(=O)n2C)c(F)c1. The second-order valence-corrected chi connectivity index (χ2v) is 7.31. The molecule has 0 aliphatic carbocycles. The van der Waals surface area contributed by atoms with Crippen molar-refractivity contribution in [2.45, 2.75) is 13.8 Å². The van der Waals surface area contributed by atoms with Crippen molar-refractivity contribution >= 4 is 39.0 Å². The molecule has 0 bridgehead atoms. The average molecular weight is 406 g/mol. The number of benzene rings is 1. The number of nitrogens with one attached hydrogen (secondary N) is 2. The summed E-state index contributed by atoms with van der Waals surface area (Å²) in [7, 11) is 1.47. The molecule has 1 amide bonds. The Bertz CT molecular complexity index is 1110. The van der Waals surface area contributed by atoms with Crippen LogP contribution >= 0.6 is 11.3 Å². The Morgan fingerprint density at radius 3 is 2.82 bits per heavy atom. The highest BCUT2D eigenvalue weighted by molar-refractivity contribution is 7.19. The molecule has 0 spiro atoms. The standard InChI is InChI=1S/C18H19FN4O4S/c1-9-4-5-12(11(19)8-9)21-16-13(17(25)22-27-7-6-24)15-14(18(26)23(16)3)20-10(2)28-15/h4-5,8,21,24H,6-7H2,1-3H3,(H,22,25). The third-order valence-electron chi connectivity index (χ3n) is 4.00. The molecular weight excluding hydrogens is 387 g/mol. The maximum Gasteiger partial charge on any atom is 0.280 e. The fourth-order valence-electron chi connectivity index (χ4n) is 2.70. The van der Waals surface area contributed by atoms with E-state index >= 15 is 0 Å². The van der Waals surface area contributed by atoms with E-state index in [1.807, 2.05) is 0 Å². The van der Waals surface area contributed by atoms with Gasteiger partial charge in [0.1, 0.15) is 22.7 Å². The molecule has 0 aliphatic rings. The minimum Gasteiger partial charge on any atom is -0.394 e. The number of fused-ring (bicyclic) bond motifs is 1. The van der Waals surface area contributed by atoms with Gasteiger partial charge in [0.2, 0.25) is 0 Å². The van der Waals surface area contributed by atoms with Crippen molar-refractivity contribution in [2.75, 3.05) is 18.5 Å². The first kappa shape index (κ1) is 19.9. The van der Waals surface area contributed by atoms with Gasteiger partial charge in [-0.1, -0.05) is 6.07 Å². The molecule has 0 saturated heterocycles. The smallest absolute Gasteiger partial charge is 0.280 e. The lowest BCUT2D eigenvalue weighted by atomic mass is 10.2. The van der Waals surface area contributed by atoms with Crippen LogP contribution in [0.4, 0.5) is 15.9 Å². The Hall–Kier alpha value is -2.82. The highest BCUT2D eigenvalue weighted by atomic mass is 32.1. The number of hydroxylamine groups is 1. The van der Waals surface area contributed by atoms with E-state index in [1.54, 1.807) is 19.9 Å². The van der Waals surface area contributed by atoms with Crippen LogP contribution in [0.2, 0.25) is 0 Å². The van der Waals surface area contributed by atoms with Crippen LogP contribution in [-0.2, 0) is 11.9 Å². The highest BCUT2D eigenvalue weighted by Crippen LogP contribution is 2.31. The van der Waals surface area contributed by atoms with Gasteiger partial charge in [0, 0.05) is 7.05 Å². The number of aromatic nitrogens is 2. The van der Waals surface area contributed by atoms with Crippen molar-refractivity contribution < 1.29 is 19.1 Å². The van der Waals surface area contributed by atoms with Gasteiger partial charge in [-0.2, -0.15) is 0 Å². The van der Waals surface area contributed by atoms with Crippen molar-refractivity contribution in [2.24, 2.45) is 7.05 Å². The second-order valence-electron chi connectivity index (χ2n) is 6.11. The summed E-state index contributed by atoms with van der Waals surface area (Å²) in [4.78, 5) is 34.6. The van der Waals surface area contributed by atoms with Crippen molar-refractivity contribution in [1.29, 1.82) is 0 Å². The molecular formula is C18H19FN4O4S. The zero-order valence-electron chi connectivity index (χ0n) is 15.5. The highest BCUT2D eigenvalue weighted by Gasteiger charge is 2.24. The number of amides is 1. The van der Waals surface area contributed by atoms with E-state index < -0.39 is 17.3 Å². The number of aliphatic hydroxyl groups excluding tert-OH is 1. The molecule has 3 rings (SSSR count). The minimum atomic E-state index is -0.646. The van der Waals surface area contributed by atoms with E-state index in [1.165, 1.54) is 35.1 Å². The van der Waals surface area contributed by atoms with E-state index in [4.69, 9.17) is 9.94 Å². The van der Waals surface area contributed by atoms with Gasteiger partial charge >= 0.3 is 0 Å². The van der Waals surface area contributed by atoms with Crippen LogP contribution in [-0.4, -0.2) is 33.8 Å².